The van der Waals surface area contributed by atoms with Crippen molar-refractivity contribution in [1.82, 2.24) is 0 Å². The van der Waals surface area contributed by atoms with Crippen LogP contribution in [0.1, 0.15) is 113 Å². The van der Waals surface area contributed by atoms with Gasteiger partial charge in [-0.15, -0.1) is 0 Å². The van der Waals surface area contributed by atoms with E-state index in [1.54, 1.807) is 6.92 Å². The quantitative estimate of drug-likeness (QED) is 0.412. The highest BCUT2D eigenvalue weighted by Gasteiger charge is 2.67. The Morgan fingerprint density at radius 1 is 1.00 bits per heavy atom. The maximum atomic E-state index is 13.2. The predicted molar refractivity (Wildman–Crippen MR) is 146 cm³/mol. The maximum Gasteiger partial charge on any atom is 0.309 e. The van der Waals surface area contributed by atoms with Gasteiger partial charge in [-0.05, 0) is 86.4 Å². The van der Waals surface area contributed by atoms with Gasteiger partial charge in [0.15, 0.2) is 5.78 Å². The zero-order chi connectivity index (χ0) is 28.3. The van der Waals surface area contributed by atoms with Crippen LogP contribution in [0.5, 0.6) is 0 Å². The molecule has 0 saturated heterocycles. The highest BCUT2D eigenvalue weighted by molar-refractivity contribution is 5.94. The number of esters is 2. The number of aliphatic hydroxyl groups is 1. The molecular formula is C32H50O6. The van der Waals surface area contributed by atoms with Crippen LogP contribution in [0.2, 0.25) is 0 Å². The lowest BCUT2D eigenvalue weighted by atomic mass is 9.35. The molecule has 0 aromatic heterocycles. The molecule has 3 saturated carbocycles. The number of hydrogen-bond acceptors (Lipinski definition) is 6. The molecule has 4 aliphatic carbocycles. The first kappa shape index (κ1) is 29.3. The van der Waals surface area contributed by atoms with Crippen molar-refractivity contribution in [2.75, 3.05) is 0 Å². The standard InChI is InChI=1S/C32H50O6/c1-9-29(5)12-10-13-30(6)24(29)11-14-31(7)25-16-23(35)22(20(3)33)18-32(25,8)27(17-26(30)31)38-28(36)15-19(2)37-21(4)34/h18-19,23-27,35H,9-17H2,1-8H3/t19?,23-,24?,25?,26?,27+,29+,30+,31+,32-/m1/s1. The first-order valence-electron chi connectivity index (χ1n) is 14.9. The third-order valence-electron chi connectivity index (χ3n) is 11.9. The number of carbonyl (C=O) groups is 3. The second-order valence-electron chi connectivity index (χ2n) is 14.2. The number of fused-ring (bicyclic) bond motifs is 5. The van der Waals surface area contributed by atoms with Crippen molar-refractivity contribution in [3.05, 3.63) is 11.6 Å². The average molecular weight is 531 g/mol. The second kappa shape index (κ2) is 10.1. The van der Waals surface area contributed by atoms with Crippen molar-refractivity contribution in [3.63, 3.8) is 0 Å². The summed E-state index contributed by atoms with van der Waals surface area (Å²) in [5, 5.41) is 11.1. The molecule has 0 aliphatic heterocycles. The summed E-state index contributed by atoms with van der Waals surface area (Å²) in [5.41, 5.74) is 0.297. The predicted octanol–water partition coefficient (Wildman–Crippen LogP) is 6.19. The molecule has 0 spiro atoms. The van der Waals surface area contributed by atoms with Crippen LogP contribution in [0.4, 0.5) is 0 Å². The number of aliphatic hydroxyl groups excluding tert-OH is 1. The highest BCUT2D eigenvalue weighted by Crippen LogP contribution is 2.72. The average Bonchev–Trinajstić information content (AvgIpc) is 2.80. The van der Waals surface area contributed by atoms with E-state index in [1.807, 2.05) is 6.08 Å². The molecule has 6 nitrogen and oxygen atoms in total. The summed E-state index contributed by atoms with van der Waals surface area (Å²) >= 11 is 0. The van der Waals surface area contributed by atoms with Gasteiger partial charge in [0, 0.05) is 17.9 Å². The highest BCUT2D eigenvalue weighted by atomic mass is 16.6. The van der Waals surface area contributed by atoms with E-state index in [-0.39, 0.29) is 34.9 Å². The molecular weight excluding hydrogens is 480 g/mol. The van der Waals surface area contributed by atoms with Crippen LogP contribution < -0.4 is 0 Å². The Bertz CT molecular complexity index is 1000. The Labute approximate surface area is 229 Å². The monoisotopic (exact) mass is 530 g/mol. The normalized spacial score (nSPS) is 45.0. The summed E-state index contributed by atoms with van der Waals surface area (Å²) in [6, 6.07) is 0. The number of Topliss-reactive ketones (excluding diaryl/α,β-unsaturated/α-hetero) is 1. The third kappa shape index (κ3) is 4.67. The molecule has 3 fully saturated rings. The van der Waals surface area contributed by atoms with E-state index in [0.717, 1.165) is 12.8 Å². The van der Waals surface area contributed by atoms with Crippen LogP contribution in [0.3, 0.4) is 0 Å². The molecule has 4 rings (SSSR count). The van der Waals surface area contributed by atoms with Crippen molar-refractivity contribution >= 4 is 17.7 Å². The first-order chi connectivity index (χ1) is 17.6. The number of ketones is 1. The van der Waals surface area contributed by atoms with Crippen molar-refractivity contribution in [1.29, 1.82) is 0 Å². The Morgan fingerprint density at radius 3 is 2.26 bits per heavy atom. The van der Waals surface area contributed by atoms with Gasteiger partial charge in [0.25, 0.3) is 0 Å². The summed E-state index contributed by atoms with van der Waals surface area (Å²) in [7, 11) is 0. The third-order valence-corrected chi connectivity index (χ3v) is 11.9. The Morgan fingerprint density at radius 2 is 1.66 bits per heavy atom. The fourth-order valence-corrected chi connectivity index (χ4v) is 10.1. The van der Waals surface area contributed by atoms with Crippen LogP contribution in [0, 0.1) is 39.4 Å². The van der Waals surface area contributed by atoms with Crippen molar-refractivity contribution in [3.8, 4) is 0 Å². The number of ether oxygens (including phenoxy) is 2. The van der Waals surface area contributed by atoms with Gasteiger partial charge in [0.2, 0.25) is 0 Å². The Balaban J connectivity index is 1.75. The van der Waals surface area contributed by atoms with Crippen molar-refractivity contribution in [2.24, 2.45) is 39.4 Å². The second-order valence-corrected chi connectivity index (χ2v) is 14.2. The lowest BCUT2D eigenvalue weighted by Crippen LogP contribution is -2.65. The number of carbonyl (C=O) groups excluding carboxylic acids is 3. The number of hydrogen-bond donors (Lipinski definition) is 1. The van der Waals surface area contributed by atoms with Gasteiger partial charge in [0.1, 0.15) is 12.2 Å². The van der Waals surface area contributed by atoms with Crippen LogP contribution in [0.25, 0.3) is 0 Å². The molecule has 0 bridgehead atoms. The van der Waals surface area contributed by atoms with E-state index < -0.39 is 29.7 Å². The van der Waals surface area contributed by atoms with E-state index >= 15 is 0 Å². The van der Waals surface area contributed by atoms with Gasteiger partial charge < -0.3 is 14.6 Å². The van der Waals surface area contributed by atoms with Crippen LogP contribution >= 0.6 is 0 Å². The summed E-state index contributed by atoms with van der Waals surface area (Å²) in [4.78, 5) is 37.1. The minimum Gasteiger partial charge on any atom is -0.462 e. The topological polar surface area (TPSA) is 89.9 Å². The van der Waals surface area contributed by atoms with Gasteiger partial charge in [-0.2, -0.15) is 0 Å². The van der Waals surface area contributed by atoms with Crippen molar-refractivity contribution in [2.45, 2.75) is 131 Å². The van der Waals surface area contributed by atoms with E-state index in [9.17, 15) is 19.5 Å². The fourth-order valence-electron chi connectivity index (χ4n) is 10.1. The molecule has 0 aromatic rings. The minimum atomic E-state index is -0.792. The van der Waals surface area contributed by atoms with Crippen LogP contribution in [0.15, 0.2) is 11.6 Å². The molecule has 38 heavy (non-hydrogen) atoms. The van der Waals surface area contributed by atoms with Crippen LogP contribution in [-0.2, 0) is 23.9 Å². The Kier molecular flexibility index (Phi) is 7.75. The zero-order valence-electron chi connectivity index (χ0n) is 24.9. The fraction of sp³-hybridized carbons (Fsp3) is 0.844. The summed E-state index contributed by atoms with van der Waals surface area (Å²) in [5.74, 6) is 0.131. The van der Waals surface area contributed by atoms with E-state index in [4.69, 9.17) is 9.47 Å². The summed E-state index contributed by atoms with van der Waals surface area (Å²) < 4.78 is 11.5. The zero-order valence-corrected chi connectivity index (χ0v) is 24.9. The van der Waals surface area contributed by atoms with E-state index in [1.165, 1.54) is 46.0 Å². The van der Waals surface area contributed by atoms with Crippen LogP contribution in [-0.4, -0.2) is 41.1 Å². The molecule has 1 N–H and O–H groups in total. The van der Waals surface area contributed by atoms with E-state index in [0.29, 0.717) is 29.2 Å². The largest absolute Gasteiger partial charge is 0.462 e. The molecule has 4 aliphatic rings. The molecule has 214 valence electrons. The maximum absolute atomic E-state index is 13.2. The lowest BCUT2D eigenvalue weighted by Gasteiger charge is -2.70. The molecule has 6 heteroatoms. The van der Waals surface area contributed by atoms with Gasteiger partial charge >= 0.3 is 11.9 Å². The van der Waals surface area contributed by atoms with Gasteiger partial charge in [0.05, 0.1) is 12.5 Å². The number of rotatable bonds is 6. The molecule has 0 radical (unpaired) electrons. The molecule has 0 amide bonds. The first-order valence-corrected chi connectivity index (χ1v) is 14.9. The molecule has 0 heterocycles. The van der Waals surface area contributed by atoms with Gasteiger partial charge in [-0.3, -0.25) is 14.4 Å². The smallest absolute Gasteiger partial charge is 0.309 e. The molecule has 0 aromatic carbocycles. The molecule has 4 unspecified atom stereocenters. The minimum absolute atomic E-state index is 0.00152. The summed E-state index contributed by atoms with van der Waals surface area (Å²) in [6.07, 6.45) is 8.57. The summed E-state index contributed by atoms with van der Waals surface area (Å²) in [6.45, 7) is 16.4. The lowest BCUT2D eigenvalue weighted by molar-refractivity contribution is -0.229. The molecule has 10 atom stereocenters. The van der Waals surface area contributed by atoms with Crippen molar-refractivity contribution < 1.29 is 29.0 Å². The SMILES string of the molecule is CC[C@@]1(C)CCC[C@@]2(C)C1CC[C@]1(C)C2C[C@H](OC(=O)CC(C)OC(C)=O)[C@]2(C)C=C(C(C)=O)[C@H](O)CC12. The Hall–Kier alpha value is -1.69. The van der Waals surface area contributed by atoms with Gasteiger partial charge in [-0.25, -0.2) is 0 Å². The van der Waals surface area contributed by atoms with Gasteiger partial charge in [-0.1, -0.05) is 53.5 Å². The van der Waals surface area contributed by atoms with E-state index in [2.05, 4.69) is 34.6 Å².